The second-order valence-electron chi connectivity index (χ2n) is 38.6. The van der Waals surface area contributed by atoms with Crippen LogP contribution in [0.4, 0.5) is 34.1 Å². The molecule has 0 atom stereocenters. The molecule has 0 aliphatic heterocycles. The number of furan rings is 2. The minimum Gasteiger partial charge on any atom is -0.454 e. The minimum atomic E-state index is 0.863. The van der Waals surface area contributed by atoms with E-state index < -0.39 is 0 Å². The number of benzene rings is 27. The molecule has 0 N–H and O–H groups in total. The number of fused-ring (bicyclic) bond motifs is 20. The summed E-state index contributed by atoms with van der Waals surface area (Å²) in [6.45, 7) is 0. The molecule has 6 nitrogen and oxygen atoms in total. The molecule has 0 aliphatic rings. The molecule has 0 saturated heterocycles. The monoisotopic (exact) mass is 1880 g/mol. The summed E-state index contributed by atoms with van der Waals surface area (Å²) in [4.78, 5) is 4.79. The van der Waals surface area contributed by atoms with E-state index in [2.05, 4.69) is 565 Å². The SMILES string of the molecule is c1ccc(-c2c3ccccc3c(-c3ccc(-c4ccc5c(c4)c4ccccc4n5-c4ccccc4)cc3)c3ccccc23)cc1.c1ccc(-c2c3ccccc3c(-c3ccc(-n4c5ccccc5c5ccccc54)cc3)c3ccccc23)cc1.c1ccc(N(c2ccc3ccc4c(N(c5ccccc5)c5cc6ccccc6c6c5oc5ccccc56)ccc5ccc2c3c54)c2cc3ccccc3c3c2oc2ccccc23)cc1. The summed E-state index contributed by atoms with van der Waals surface area (Å²) in [5, 5.41) is 31.6. The summed E-state index contributed by atoms with van der Waals surface area (Å²) in [7, 11) is 0. The highest BCUT2D eigenvalue weighted by Crippen LogP contribution is 2.55. The molecule has 31 rings (SSSR count). The van der Waals surface area contributed by atoms with Gasteiger partial charge in [-0.1, -0.05) is 431 Å². The Bertz CT molecular complexity index is 10200. The maximum absolute atomic E-state index is 6.89. The molecule has 0 aliphatic carbocycles. The molecule has 148 heavy (non-hydrogen) atoms. The highest BCUT2D eigenvalue weighted by molar-refractivity contribution is 6.32. The van der Waals surface area contributed by atoms with Gasteiger partial charge in [0.1, 0.15) is 11.2 Å². The normalized spacial score (nSPS) is 11.8. The van der Waals surface area contributed by atoms with Gasteiger partial charge < -0.3 is 27.8 Å². The van der Waals surface area contributed by atoms with Crippen LogP contribution >= 0.6 is 0 Å². The Hall–Kier alpha value is -19.7. The molecule has 6 heteroatoms. The molecule has 0 fully saturated rings. The summed E-state index contributed by atoms with van der Waals surface area (Å²) >= 11 is 0. The maximum atomic E-state index is 6.89. The summed E-state index contributed by atoms with van der Waals surface area (Å²) < 4.78 is 18.5. The molecule has 690 valence electrons. The second-order valence-corrected chi connectivity index (χ2v) is 38.6. The molecular formula is C142H90N4O2. The van der Waals surface area contributed by atoms with Gasteiger partial charge in [0.15, 0.2) is 11.2 Å². The Balaban J connectivity index is 0.000000109. The summed E-state index contributed by atoms with van der Waals surface area (Å²) in [5.41, 5.74) is 29.5. The minimum absolute atomic E-state index is 0.863. The maximum Gasteiger partial charge on any atom is 0.160 e. The van der Waals surface area contributed by atoms with Crippen LogP contribution in [-0.2, 0) is 0 Å². The average molecular weight is 1880 g/mol. The third kappa shape index (κ3) is 13.9. The van der Waals surface area contributed by atoms with Crippen molar-refractivity contribution in [2.24, 2.45) is 0 Å². The van der Waals surface area contributed by atoms with E-state index in [-0.39, 0.29) is 0 Å². The van der Waals surface area contributed by atoms with E-state index in [9.17, 15) is 0 Å². The predicted octanol–water partition coefficient (Wildman–Crippen LogP) is 40.1. The van der Waals surface area contributed by atoms with Crippen molar-refractivity contribution in [2.45, 2.75) is 0 Å². The van der Waals surface area contributed by atoms with Crippen LogP contribution in [0, 0.1) is 0 Å². The van der Waals surface area contributed by atoms with Crippen LogP contribution in [0.2, 0.25) is 0 Å². The fourth-order valence-electron chi connectivity index (χ4n) is 24.1. The van der Waals surface area contributed by atoms with Crippen LogP contribution in [0.5, 0.6) is 0 Å². The molecule has 4 heterocycles. The number of hydrogen-bond donors (Lipinski definition) is 0. The molecule has 0 saturated carbocycles. The van der Waals surface area contributed by atoms with Crippen LogP contribution in [-0.4, -0.2) is 9.13 Å². The largest absolute Gasteiger partial charge is 0.454 e. The lowest BCUT2D eigenvalue weighted by Crippen LogP contribution is -2.12. The number of anilines is 6. The fourth-order valence-corrected chi connectivity index (χ4v) is 24.1. The Kier molecular flexibility index (Phi) is 20.2. The summed E-state index contributed by atoms with van der Waals surface area (Å²) in [5.74, 6) is 0. The van der Waals surface area contributed by atoms with E-state index in [4.69, 9.17) is 8.83 Å². The van der Waals surface area contributed by atoms with Crippen molar-refractivity contribution >= 4 is 219 Å². The second kappa shape index (κ2) is 35.2. The summed E-state index contributed by atoms with van der Waals surface area (Å²) in [6.07, 6.45) is 0. The Morgan fingerprint density at radius 3 is 0.818 bits per heavy atom. The zero-order valence-corrected chi connectivity index (χ0v) is 80.6. The third-order valence-corrected chi connectivity index (χ3v) is 30.5. The van der Waals surface area contributed by atoms with Gasteiger partial charge in [0.25, 0.3) is 0 Å². The van der Waals surface area contributed by atoms with Crippen LogP contribution < -0.4 is 9.80 Å². The van der Waals surface area contributed by atoms with Crippen LogP contribution in [0.15, 0.2) is 555 Å². The molecule has 0 spiro atoms. The number of aromatic nitrogens is 2. The zero-order valence-electron chi connectivity index (χ0n) is 80.6. The predicted molar refractivity (Wildman–Crippen MR) is 628 cm³/mol. The molecular weight excluding hydrogens is 1790 g/mol. The van der Waals surface area contributed by atoms with Gasteiger partial charge in [0.2, 0.25) is 0 Å². The number of para-hydroxylation sites is 8. The number of nitrogens with zero attached hydrogens (tertiary/aromatic N) is 4. The van der Waals surface area contributed by atoms with Gasteiger partial charge in [0, 0.05) is 76.6 Å². The van der Waals surface area contributed by atoms with Gasteiger partial charge in [-0.25, -0.2) is 0 Å². The molecule has 4 aromatic heterocycles. The first-order chi connectivity index (χ1) is 73.5. The molecule has 0 unspecified atom stereocenters. The lowest BCUT2D eigenvalue weighted by Gasteiger charge is -2.29. The Morgan fingerprint density at radius 1 is 0.149 bits per heavy atom. The first-order valence-electron chi connectivity index (χ1n) is 50.8. The Morgan fingerprint density at radius 2 is 0.426 bits per heavy atom. The smallest absolute Gasteiger partial charge is 0.160 e. The van der Waals surface area contributed by atoms with E-state index >= 15 is 0 Å². The van der Waals surface area contributed by atoms with Crippen LogP contribution in [0.25, 0.3) is 251 Å². The van der Waals surface area contributed by atoms with Crippen LogP contribution in [0.1, 0.15) is 0 Å². The molecule has 0 bridgehead atoms. The van der Waals surface area contributed by atoms with Crippen molar-refractivity contribution < 1.29 is 8.83 Å². The van der Waals surface area contributed by atoms with Crippen molar-refractivity contribution in [1.29, 1.82) is 0 Å². The molecule has 0 amide bonds. The van der Waals surface area contributed by atoms with Gasteiger partial charge in [-0.05, 0) is 257 Å². The Labute approximate surface area is 853 Å². The average Bonchev–Trinajstić information content (AvgIpc) is 0.848. The highest BCUT2D eigenvalue weighted by Gasteiger charge is 2.30. The highest BCUT2D eigenvalue weighted by atomic mass is 16.3. The van der Waals surface area contributed by atoms with E-state index in [1.165, 1.54) is 186 Å². The van der Waals surface area contributed by atoms with Gasteiger partial charge in [-0.3, -0.25) is 0 Å². The van der Waals surface area contributed by atoms with Crippen LogP contribution in [0.3, 0.4) is 0 Å². The third-order valence-electron chi connectivity index (χ3n) is 30.5. The lowest BCUT2D eigenvalue weighted by atomic mass is 9.86. The topological polar surface area (TPSA) is 42.6 Å². The first-order valence-corrected chi connectivity index (χ1v) is 50.8. The van der Waals surface area contributed by atoms with Crippen molar-refractivity contribution in [2.75, 3.05) is 9.80 Å². The summed E-state index contributed by atoms with van der Waals surface area (Å²) in [6, 6.07) is 197. The van der Waals surface area contributed by atoms with E-state index in [0.717, 1.165) is 99.5 Å². The number of hydrogen-bond acceptors (Lipinski definition) is 4. The number of rotatable bonds is 13. The molecule has 31 aromatic rings. The van der Waals surface area contributed by atoms with E-state index in [1.54, 1.807) is 0 Å². The van der Waals surface area contributed by atoms with Crippen molar-refractivity contribution in [3.05, 3.63) is 546 Å². The van der Waals surface area contributed by atoms with Gasteiger partial charge in [-0.15, -0.1) is 0 Å². The van der Waals surface area contributed by atoms with Gasteiger partial charge >= 0.3 is 0 Å². The zero-order chi connectivity index (χ0) is 97.4. The fraction of sp³-hybridized carbons (Fsp3) is 0. The van der Waals surface area contributed by atoms with Crippen molar-refractivity contribution in [1.82, 2.24) is 9.13 Å². The van der Waals surface area contributed by atoms with Crippen molar-refractivity contribution in [3.63, 3.8) is 0 Å². The van der Waals surface area contributed by atoms with E-state index in [1.807, 2.05) is 0 Å². The molecule has 27 aromatic carbocycles. The quantitative estimate of drug-likeness (QED) is 0.0852. The van der Waals surface area contributed by atoms with Gasteiger partial charge in [0.05, 0.1) is 44.8 Å². The first kappa shape index (κ1) is 85.1. The van der Waals surface area contributed by atoms with Gasteiger partial charge in [-0.2, -0.15) is 0 Å². The van der Waals surface area contributed by atoms with Crippen molar-refractivity contribution in [3.8, 4) is 67.0 Å². The standard InChI is InChI=1S/C60H36N2O2.C44H29N.C38H25N/c1-3-17-41(18-4-1)61(51-35-39-15-7-9-21-43(39)57-47-23-11-13-25-53(47)63-59(51)57)49-33-29-37-28-32-46-50(34-30-38-27-31-45(49)55(37)56(38)46)62(42-19-5-2-6-20-42)52-36-40-16-8-10-22-44(40)58-48-24-12-14-26-54(48)64-60(52)58;1-3-13-31(14-4-1)43-36-18-7-9-20-38(36)44(39-21-10-8-19-37(39)43)32-25-23-30(24-26-32)33-27-28-42-40(29-33)35-17-11-12-22-41(35)45(42)34-15-5-2-6-16-34;1-2-12-26(13-3-1)37-31-16-4-6-18-33(31)38(34-19-7-5-17-32(34)37)27-22-24-28(25-23-27)39-35-20-10-8-14-29(35)30-15-9-11-21-36(30)39/h1-36H;1-29H;1-25H. The van der Waals surface area contributed by atoms with E-state index in [0.29, 0.717) is 0 Å². The molecule has 0 radical (unpaired) electrons. The lowest BCUT2D eigenvalue weighted by molar-refractivity contribution is 0.669.